The first-order valence-corrected chi connectivity index (χ1v) is 7.49. The van der Waals surface area contributed by atoms with E-state index in [4.69, 9.17) is 4.42 Å². The highest BCUT2D eigenvalue weighted by molar-refractivity contribution is 5.95. The Morgan fingerprint density at radius 3 is 2.77 bits per heavy atom. The molecule has 1 aromatic carbocycles. The zero-order valence-corrected chi connectivity index (χ0v) is 12.5. The van der Waals surface area contributed by atoms with Crippen molar-refractivity contribution in [1.82, 2.24) is 4.90 Å². The number of nitrogens with one attached hydrogen (secondary N) is 1. The first kappa shape index (κ1) is 14.6. The van der Waals surface area contributed by atoms with Crippen molar-refractivity contribution in [3.8, 4) is 0 Å². The molecule has 22 heavy (non-hydrogen) atoms. The first-order valence-electron chi connectivity index (χ1n) is 7.49. The lowest BCUT2D eigenvalue weighted by atomic mass is 10.0. The topological polar surface area (TPSA) is 45.5 Å². The molecule has 1 atom stereocenters. The van der Waals surface area contributed by atoms with E-state index in [-0.39, 0.29) is 17.8 Å². The van der Waals surface area contributed by atoms with Crippen LogP contribution in [0.4, 0.5) is 10.1 Å². The number of nitrogens with zero attached hydrogens (tertiary/aromatic N) is 1. The lowest BCUT2D eigenvalue weighted by molar-refractivity contribution is 0.0713. The number of aryl methyl sites for hydroxylation is 1. The molecule has 0 radical (unpaired) electrons. The molecule has 0 unspecified atom stereocenters. The molecule has 1 amide bonds. The normalized spacial score (nSPS) is 18.3. The average Bonchev–Trinajstić information content (AvgIpc) is 2.95. The van der Waals surface area contributed by atoms with Gasteiger partial charge >= 0.3 is 0 Å². The van der Waals surface area contributed by atoms with Crippen LogP contribution < -0.4 is 5.32 Å². The minimum atomic E-state index is -0.249. The maximum absolute atomic E-state index is 12.9. The Bertz CT molecular complexity index is 651. The lowest BCUT2D eigenvalue weighted by Crippen LogP contribution is -2.45. The Morgan fingerprint density at radius 2 is 2.09 bits per heavy atom. The fraction of sp³-hybridized carbons (Fsp3) is 0.353. The van der Waals surface area contributed by atoms with E-state index < -0.39 is 0 Å². The van der Waals surface area contributed by atoms with Crippen molar-refractivity contribution in [2.24, 2.45) is 0 Å². The molecular formula is C17H19FN2O2. The average molecular weight is 302 g/mol. The van der Waals surface area contributed by atoms with Crippen molar-refractivity contribution in [1.29, 1.82) is 0 Å². The van der Waals surface area contributed by atoms with Crippen LogP contribution in [0, 0.1) is 12.7 Å². The van der Waals surface area contributed by atoms with Gasteiger partial charge < -0.3 is 14.6 Å². The van der Waals surface area contributed by atoms with E-state index in [9.17, 15) is 9.18 Å². The summed E-state index contributed by atoms with van der Waals surface area (Å²) in [4.78, 5) is 14.4. The fourth-order valence-corrected chi connectivity index (χ4v) is 2.84. The zero-order valence-electron chi connectivity index (χ0n) is 12.5. The molecule has 1 aromatic heterocycles. The van der Waals surface area contributed by atoms with Crippen LogP contribution >= 0.6 is 0 Å². The van der Waals surface area contributed by atoms with Gasteiger partial charge in [-0.15, -0.1) is 0 Å². The minimum Gasteiger partial charge on any atom is -0.469 e. The molecule has 2 heterocycles. The van der Waals surface area contributed by atoms with Crippen LogP contribution in [-0.4, -0.2) is 29.9 Å². The SMILES string of the molecule is Cc1occc1C(=O)N1CCC[C@H](Nc2ccc(F)cc2)C1. The third-order valence-electron chi connectivity index (χ3n) is 4.01. The molecule has 1 saturated heterocycles. The van der Waals surface area contributed by atoms with Gasteiger partial charge in [-0.2, -0.15) is 0 Å². The van der Waals surface area contributed by atoms with Crippen LogP contribution in [0.5, 0.6) is 0 Å². The highest BCUT2D eigenvalue weighted by Gasteiger charge is 2.26. The summed E-state index contributed by atoms with van der Waals surface area (Å²) >= 11 is 0. The molecule has 3 rings (SSSR count). The monoisotopic (exact) mass is 302 g/mol. The molecule has 0 spiro atoms. The summed E-state index contributed by atoms with van der Waals surface area (Å²) in [6, 6.07) is 8.20. The minimum absolute atomic E-state index is 0.0110. The molecule has 5 heteroatoms. The maximum Gasteiger partial charge on any atom is 0.257 e. The molecule has 1 aliphatic rings. The van der Waals surface area contributed by atoms with Gasteiger partial charge in [-0.3, -0.25) is 4.79 Å². The van der Waals surface area contributed by atoms with E-state index in [1.807, 2.05) is 4.90 Å². The van der Waals surface area contributed by atoms with Crippen LogP contribution in [0.15, 0.2) is 41.0 Å². The van der Waals surface area contributed by atoms with E-state index in [2.05, 4.69) is 5.32 Å². The number of carbonyl (C=O) groups is 1. The number of carbonyl (C=O) groups excluding carboxylic acids is 1. The number of anilines is 1. The van der Waals surface area contributed by atoms with E-state index in [1.165, 1.54) is 12.1 Å². The smallest absolute Gasteiger partial charge is 0.257 e. The second-order valence-electron chi connectivity index (χ2n) is 5.63. The number of benzene rings is 1. The standard InChI is InChI=1S/C17H19FN2O2/c1-12-16(8-10-22-12)17(21)20-9-2-3-15(11-20)19-14-6-4-13(18)5-7-14/h4-8,10,15,19H,2-3,9,11H2,1H3/t15-/m0/s1. The van der Waals surface area contributed by atoms with Gasteiger partial charge in [0.15, 0.2) is 0 Å². The van der Waals surface area contributed by atoms with Crippen LogP contribution in [-0.2, 0) is 0 Å². The maximum atomic E-state index is 12.9. The number of furan rings is 1. The number of halogens is 1. The number of amides is 1. The molecule has 1 fully saturated rings. The summed E-state index contributed by atoms with van der Waals surface area (Å²) in [5.41, 5.74) is 1.50. The third-order valence-corrected chi connectivity index (χ3v) is 4.01. The molecule has 4 nitrogen and oxygen atoms in total. The Labute approximate surface area is 128 Å². The van der Waals surface area contributed by atoms with E-state index in [0.717, 1.165) is 25.1 Å². The number of piperidine rings is 1. The first-order chi connectivity index (χ1) is 10.6. The number of hydrogen-bond acceptors (Lipinski definition) is 3. The second-order valence-corrected chi connectivity index (χ2v) is 5.63. The van der Waals surface area contributed by atoms with Gasteiger partial charge in [-0.25, -0.2) is 4.39 Å². The summed E-state index contributed by atoms with van der Waals surface area (Å²) in [6.07, 6.45) is 3.48. The Morgan fingerprint density at radius 1 is 1.32 bits per heavy atom. The van der Waals surface area contributed by atoms with Crippen LogP contribution in [0.25, 0.3) is 0 Å². The molecule has 1 aliphatic heterocycles. The fourth-order valence-electron chi connectivity index (χ4n) is 2.84. The molecule has 0 bridgehead atoms. The molecule has 1 N–H and O–H groups in total. The van der Waals surface area contributed by atoms with Gasteiger partial charge in [0.05, 0.1) is 11.8 Å². The largest absolute Gasteiger partial charge is 0.469 e. The van der Waals surface area contributed by atoms with Gasteiger partial charge in [0.2, 0.25) is 0 Å². The molecule has 116 valence electrons. The van der Waals surface area contributed by atoms with Gasteiger partial charge in [0.1, 0.15) is 11.6 Å². The summed E-state index contributed by atoms with van der Waals surface area (Å²) in [7, 11) is 0. The number of hydrogen-bond donors (Lipinski definition) is 1. The van der Waals surface area contributed by atoms with Crippen LogP contribution in [0.2, 0.25) is 0 Å². The van der Waals surface area contributed by atoms with Crippen LogP contribution in [0.1, 0.15) is 29.0 Å². The second kappa shape index (κ2) is 6.22. The highest BCUT2D eigenvalue weighted by Crippen LogP contribution is 2.20. The Balaban J connectivity index is 1.65. The Kier molecular flexibility index (Phi) is 4.13. The van der Waals surface area contributed by atoms with Crippen LogP contribution in [0.3, 0.4) is 0 Å². The van der Waals surface area contributed by atoms with Crippen molar-refractivity contribution >= 4 is 11.6 Å². The molecule has 2 aromatic rings. The highest BCUT2D eigenvalue weighted by atomic mass is 19.1. The number of rotatable bonds is 3. The Hall–Kier alpha value is -2.30. The molecule has 0 aliphatic carbocycles. The van der Waals surface area contributed by atoms with Crippen molar-refractivity contribution in [3.63, 3.8) is 0 Å². The van der Waals surface area contributed by atoms with Crippen molar-refractivity contribution < 1.29 is 13.6 Å². The van der Waals surface area contributed by atoms with Gasteiger partial charge in [0.25, 0.3) is 5.91 Å². The van der Waals surface area contributed by atoms with Gasteiger partial charge in [-0.1, -0.05) is 0 Å². The van der Waals surface area contributed by atoms with E-state index in [0.29, 0.717) is 17.9 Å². The summed E-state index contributed by atoms with van der Waals surface area (Å²) in [5.74, 6) is 0.414. The molecule has 0 saturated carbocycles. The predicted molar refractivity (Wildman–Crippen MR) is 82.4 cm³/mol. The summed E-state index contributed by atoms with van der Waals surface area (Å²) in [6.45, 7) is 3.19. The van der Waals surface area contributed by atoms with Gasteiger partial charge in [-0.05, 0) is 50.1 Å². The quantitative estimate of drug-likeness (QED) is 0.944. The summed E-state index contributed by atoms with van der Waals surface area (Å²) < 4.78 is 18.2. The van der Waals surface area contributed by atoms with E-state index in [1.54, 1.807) is 31.4 Å². The number of likely N-dealkylation sites (tertiary alicyclic amines) is 1. The lowest BCUT2D eigenvalue weighted by Gasteiger charge is -2.33. The van der Waals surface area contributed by atoms with Crippen molar-refractivity contribution in [2.45, 2.75) is 25.8 Å². The van der Waals surface area contributed by atoms with E-state index >= 15 is 0 Å². The van der Waals surface area contributed by atoms with Gasteiger partial charge in [0, 0.05) is 24.8 Å². The zero-order chi connectivity index (χ0) is 15.5. The van der Waals surface area contributed by atoms with Crippen molar-refractivity contribution in [2.75, 3.05) is 18.4 Å². The summed E-state index contributed by atoms with van der Waals surface area (Å²) in [5, 5.41) is 3.37. The predicted octanol–water partition coefficient (Wildman–Crippen LogP) is 3.44. The third kappa shape index (κ3) is 3.13. The van der Waals surface area contributed by atoms with Crippen molar-refractivity contribution in [3.05, 3.63) is 53.7 Å². The molecular weight excluding hydrogens is 283 g/mol.